The third-order valence-corrected chi connectivity index (χ3v) is 5.36. The highest BCUT2D eigenvalue weighted by molar-refractivity contribution is 5.97. The minimum Gasteiger partial charge on any atom is -0.503 e. The summed E-state index contributed by atoms with van der Waals surface area (Å²) >= 11 is 0. The Bertz CT molecular complexity index is 913. The van der Waals surface area contributed by atoms with Gasteiger partial charge in [-0.3, -0.25) is 4.79 Å². The van der Waals surface area contributed by atoms with Crippen molar-refractivity contribution in [3.05, 3.63) is 53.3 Å². The second-order valence-electron chi connectivity index (χ2n) is 7.92. The number of hydrogen-bond acceptors (Lipinski definition) is 6. The Morgan fingerprint density at radius 3 is 2.42 bits per heavy atom. The monoisotopic (exact) mass is 428 g/mol. The number of nitrogens with zero attached hydrogens (tertiary/aromatic N) is 1. The summed E-state index contributed by atoms with van der Waals surface area (Å²) in [5, 5.41) is 12.7. The molecule has 0 saturated carbocycles. The molecule has 2 N–H and O–H groups in total. The van der Waals surface area contributed by atoms with Crippen LogP contribution in [0.1, 0.15) is 61.6 Å². The highest BCUT2D eigenvalue weighted by Gasteiger charge is 2.31. The molecule has 0 bridgehead atoms. The van der Waals surface area contributed by atoms with Gasteiger partial charge in [0.1, 0.15) is 12.1 Å². The number of methoxy groups -OCH3 is 1. The maximum atomic E-state index is 12.8. The fourth-order valence-corrected chi connectivity index (χ4v) is 3.70. The van der Waals surface area contributed by atoms with Crippen molar-refractivity contribution in [1.82, 2.24) is 10.3 Å². The lowest BCUT2D eigenvalue weighted by molar-refractivity contribution is -0.153. The molecule has 0 unspecified atom stereocenters. The van der Waals surface area contributed by atoms with Crippen LogP contribution in [0, 0.1) is 12.8 Å². The van der Waals surface area contributed by atoms with Crippen molar-refractivity contribution in [3.63, 3.8) is 0 Å². The van der Waals surface area contributed by atoms with Crippen molar-refractivity contribution in [1.29, 1.82) is 0 Å². The maximum Gasteiger partial charge on any atom is 0.328 e. The molecule has 1 aromatic carbocycles. The first-order valence-corrected chi connectivity index (χ1v) is 10.5. The molecule has 1 amide bonds. The summed E-state index contributed by atoms with van der Waals surface area (Å²) in [7, 11) is 1.38. The molecule has 0 aliphatic carbocycles. The van der Waals surface area contributed by atoms with Crippen LogP contribution < -0.4 is 10.1 Å². The lowest BCUT2D eigenvalue weighted by Crippen LogP contribution is -2.42. The van der Waals surface area contributed by atoms with Crippen molar-refractivity contribution in [2.45, 2.75) is 59.1 Å². The zero-order valence-corrected chi connectivity index (χ0v) is 19.0. The van der Waals surface area contributed by atoms with E-state index in [4.69, 9.17) is 9.47 Å². The number of nitrogens with one attached hydrogen (secondary N) is 1. The van der Waals surface area contributed by atoms with Crippen molar-refractivity contribution in [3.8, 4) is 11.5 Å². The summed E-state index contributed by atoms with van der Waals surface area (Å²) in [5.74, 6) is -1.20. The Hall–Kier alpha value is -3.09. The van der Waals surface area contributed by atoms with Gasteiger partial charge in [0, 0.05) is 18.2 Å². The van der Waals surface area contributed by atoms with Crippen LogP contribution in [-0.2, 0) is 9.53 Å². The molecule has 0 fully saturated rings. The third kappa shape index (κ3) is 5.75. The number of benzene rings is 1. The van der Waals surface area contributed by atoms with Gasteiger partial charge in [-0.05, 0) is 37.3 Å². The van der Waals surface area contributed by atoms with Gasteiger partial charge in [-0.25, -0.2) is 9.78 Å². The van der Waals surface area contributed by atoms with Gasteiger partial charge in [0.15, 0.2) is 17.2 Å². The van der Waals surface area contributed by atoms with Crippen LogP contribution in [0.25, 0.3) is 0 Å². The molecule has 0 saturated heterocycles. The van der Waals surface area contributed by atoms with E-state index in [0.29, 0.717) is 6.42 Å². The molecule has 0 spiro atoms. The highest BCUT2D eigenvalue weighted by atomic mass is 16.5. The fourth-order valence-electron chi connectivity index (χ4n) is 3.70. The van der Waals surface area contributed by atoms with Gasteiger partial charge in [0.2, 0.25) is 0 Å². The van der Waals surface area contributed by atoms with E-state index >= 15 is 0 Å². The highest BCUT2D eigenvalue weighted by Crippen LogP contribution is 2.33. The molecule has 0 aliphatic rings. The van der Waals surface area contributed by atoms with Crippen LogP contribution in [0.4, 0.5) is 0 Å². The van der Waals surface area contributed by atoms with Gasteiger partial charge in [0.25, 0.3) is 5.91 Å². The molecule has 168 valence electrons. The zero-order chi connectivity index (χ0) is 23.1. The van der Waals surface area contributed by atoms with Crippen LogP contribution in [0.15, 0.2) is 36.5 Å². The molecule has 31 heavy (non-hydrogen) atoms. The van der Waals surface area contributed by atoms with Gasteiger partial charge < -0.3 is 19.9 Å². The predicted molar refractivity (Wildman–Crippen MR) is 118 cm³/mol. The van der Waals surface area contributed by atoms with Gasteiger partial charge in [-0.15, -0.1) is 0 Å². The zero-order valence-electron chi connectivity index (χ0n) is 19.0. The summed E-state index contributed by atoms with van der Waals surface area (Å²) < 4.78 is 10.8. The smallest absolute Gasteiger partial charge is 0.328 e. The van der Waals surface area contributed by atoms with E-state index in [-0.39, 0.29) is 35.1 Å². The summed E-state index contributed by atoms with van der Waals surface area (Å²) in [6.07, 6.45) is 1.65. The van der Waals surface area contributed by atoms with E-state index in [0.717, 1.165) is 11.1 Å². The Labute approximate surface area is 183 Å². The van der Waals surface area contributed by atoms with Crippen LogP contribution in [0.3, 0.4) is 0 Å². The molecule has 1 heterocycles. The quantitative estimate of drug-likeness (QED) is 0.586. The average Bonchev–Trinajstić information content (AvgIpc) is 2.74. The third-order valence-electron chi connectivity index (χ3n) is 5.36. The van der Waals surface area contributed by atoms with E-state index in [1.54, 1.807) is 6.92 Å². The van der Waals surface area contributed by atoms with Crippen LogP contribution in [0.5, 0.6) is 11.5 Å². The number of amides is 1. The van der Waals surface area contributed by atoms with Crippen LogP contribution in [-0.4, -0.2) is 41.2 Å². The van der Waals surface area contributed by atoms with E-state index in [1.807, 2.05) is 19.1 Å². The van der Waals surface area contributed by atoms with E-state index in [9.17, 15) is 14.7 Å². The Morgan fingerprint density at radius 2 is 1.84 bits per heavy atom. The average molecular weight is 429 g/mol. The molecule has 3 atom stereocenters. The predicted octanol–water partition coefficient (Wildman–Crippen LogP) is 3.98. The number of carbonyl (C=O) groups is 2. The first kappa shape index (κ1) is 24.2. The molecule has 2 rings (SSSR count). The largest absolute Gasteiger partial charge is 0.503 e. The molecular formula is C24H32N2O5. The summed E-state index contributed by atoms with van der Waals surface area (Å²) in [5.41, 5.74) is 2.09. The van der Waals surface area contributed by atoms with Crippen LogP contribution >= 0.6 is 0 Å². The number of ether oxygens (including phenoxy) is 2. The summed E-state index contributed by atoms with van der Waals surface area (Å²) in [4.78, 5) is 29.2. The van der Waals surface area contributed by atoms with Crippen molar-refractivity contribution >= 4 is 11.9 Å². The molecule has 1 aromatic heterocycles. The molecule has 2 aromatic rings. The van der Waals surface area contributed by atoms with Crippen molar-refractivity contribution in [2.75, 3.05) is 7.11 Å². The Kier molecular flexibility index (Phi) is 8.42. The SMILES string of the molecule is CC[C@H](OC(=O)[C@H](C)NC(=O)c1nccc(OC)c1O)[C@H](c1ccccc1C)C(C)C. The molecule has 7 nitrogen and oxygen atoms in total. The molecule has 7 heteroatoms. The number of hydrogen-bond donors (Lipinski definition) is 2. The van der Waals surface area contributed by atoms with Crippen molar-refractivity contribution < 1.29 is 24.2 Å². The number of esters is 1. The lowest BCUT2D eigenvalue weighted by atomic mass is 9.81. The van der Waals surface area contributed by atoms with Crippen molar-refractivity contribution in [2.24, 2.45) is 5.92 Å². The van der Waals surface area contributed by atoms with E-state index in [2.05, 4.69) is 43.2 Å². The minimum atomic E-state index is -0.918. The summed E-state index contributed by atoms with van der Waals surface area (Å²) in [6, 6.07) is 8.62. The number of aryl methyl sites for hydroxylation is 1. The number of aromatic hydroxyl groups is 1. The van der Waals surface area contributed by atoms with Crippen LogP contribution in [0.2, 0.25) is 0 Å². The normalized spacial score (nSPS) is 13.9. The number of pyridine rings is 1. The first-order chi connectivity index (χ1) is 14.7. The standard InChI is InChI=1S/C24H32N2O5/c1-7-18(20(14(2)3)17-11-9-8-10-15(17)4)31-24(29)16(5)26-23(28)21-22(27)19(30-6)12-13-25-21/h8-14,16,18,20,27H,7H2,1-6H3,(H,26,28)/t16-,18-,20-/m0/s1. The topological polar surface area (TPSA) is 97.8 Å². The Balaban J connectivity index is 2.14. The second-order valence-corrected chi connectivity index (χ2v) is 7.92. The molecule has 0 aliphatic heterocycles. The lowest BCUT2D eigenvalue weighted by Gasteiger charge is -2.31. The molecular weight excluding hydrogens is 396 g/mol. The minimum absolute atomic E-state index is 0.0298. The first-order valence-electron chi connectivity index (χ1n) is 10.5. The number of rotatable bonds is 9. The van der Waals surface area contributed by atoms with E-state index in [1.165, 1.54) is 19.4 Å². The Morgan fingerprint density at radius 1 is 1.16 bits per heavy atom. The molecule has 0 radical (unpaired) electrons. The van der Waals surface area contributed by atoms with Gasteiger partial charge >= 0.3 is 5.97 Å². The number of carbonyl (C=O) groups excluding carboxylic acids is 2. The van der Waals surface area contributed by atoms with Gasteiger partial charge in [-0.2, -0.15) is 0 Å². The fraction of sp³-hybridized carbons (Fsp3) is 0.458. The second kappa shape index (κ2) is 10.8. The summed E-state index contributed by atoms with van der Waals surface area (Å²) in [6.45, 7) is 9.79. The number of aromatic nitrogens is 1. The van der Waals surface area contributed by atoms with Gasteiger partial charge in [0.05, 0.1) is 7.11 Å². The van der Waals surface area contributed by atoms with E-state index < -0.39 is 17.9 Å². The van der Waals surface area contributed by atoms with Gasteiger partial charge in [-0.1, -0.05) is 45.0 Å². The maximum absolute atomic E-state index is 12.8.